The van der Waals surface area contributed by atoms with Crippen molar-refractivity contribution in [3.63, 3.8) is 0 Å². The van der Waals surface area contributed by atoms with Gasteiger partial charge in [0.25, 0.3) is 0 Å². The van der Waals surface area contributed by atoms with Gasteiger partial charge in [-0.05, 0) is 18.2 Å². The van der Waals surface area contributed by atoms with E-state index in [-0.39, 0.29) is 12.4 Å². The van der Waals surface area contributed by atoms with Gasteiger partial charge < -0.3 is 15.2 Å². The molecule has 19 heavy (non-hydrogen) atoms. The molecule has 100 valence electrons. The van der Waals surface area contributed by atoms with E-state index in [9.17, 15) is 9.50 Å². The van der Waals surface area contributed by atoms with Gasteiger partial charge in [-0.1, -0.05) is 30.3 Å². The molecule has 1 atom stereocenters. The predicted molar refractivity (Wildman–Crippen MR) is 72.8 cm³/mol. The monoisotopic (exact) mass is 261 g/mol. The highest BCUT2D eigenvalue weighted by molar-refractivity contribution is 5.45. The van der Waals surface area contributed by atoms with Gasteiger partial charge in [-0.15, -0.1) is 0 Å². The van der Waals surface area contributed by atoms with Crippen LogP contribution in [0.25, 0.3) is 0 Å². The van der Waals surface area contributed by atoms with Crippen molar-refractivity contribution in [2.45, 2.75) is 6.10 Å². The number of hydrogen-bond donors (Lipinski definition) is 2. The second kappa shape index (κ2) is 6.20. The van der Waals surface area contributed by atoms with E-state index in [4.69, 9.17) is 4.74 Å². The van der Waals surface area contributed by atoms with Crippen LogP contribution in [-0.2, 0) is 0 Å². The maximum atomic E-state index is 13.4. The lowest BCUT2D eigenvalue weighted by Crippen LogP contribution is -2.13. The summed E-state index contributed by atoms with van der Waals surface area (Å²) in [5.74, 6) is 0.278. The Balaban J connectivity index is 2.05. The molecule has 2 aromatic rings. The molecule has 0 aromatic heterocycles. The Morgan fingerprint density at radius 3 is 2.58 bits per heavy atom. The van der Waals surface area contributed by atoms with Crippen LogP contribution in [0.5, 0.6) is 5.75 Å². The first-order valence-electron chi connectivity index (χ1n) is 6.01. The first-order chi connectivity index (χ1) is 9.22. The van der Waals surface area contributed by atoms with Crippen molar-refractivity contribution in [3.05, 3.63) is 59.9 Å². The fraction of sp³-hybridized carbons (Fsp3) is 0.200. The quantitative estimate of drug-likeness (QED) is 0.869. The Kier molecular flexibility index (Phi) is 4.36. The Morgan fingerprint density at radius 2 is 1.84 bits per heavy atom. The first-order valence-corrected chi connectivity index (χ1v) is 6.01. The minimum Gasteiger partial charge on any atom is -0.496 e. The molecule has 0 saturated heterocycles. The molecule has 0 heterocycles. The van der Waals surface area contributed by atoms with E-state index in [2.05, 4.69) is 5.32 Å². The Morgan fingerprint density at radius 1 is 1.16 bits per heavy atom. The molecule has 0 spiro atoms. The summed E-state index contributed by atoms with van der Waals surface area (Å²) in [6.07, 6.45) is -0.768. The van der Waals surface area contributed by atoms with E-state index in [0.717, 1.165) is 0 Å². The fourth-order valence-corrected chi connectivity index (χ4v) is 1.86. The van der Waals surface area contributed by atoms with Gasteiger partial charge in [-0.2, -0.15) is 0 Å². The Hall–Kier alpha value is -2.07. The molecule has 0 aliphatic heterocycles. The molecule has 0 amide bonds. The van der Waals surface area contributed by atoms with Crippen molar-refractivity contribution in [2.24, 2.45) is 0 Å². The standard InChI is InChI=1S/C15H16FNO2/c1-19-15-9-5-2-6-11(15)14(18)10-17-13-8-4-3-7-12(13)16/h2-9,14,17-18H,10H2,1H3. The zero-order valence-electron chi connectivity index (χ0n) is 10.6. The molecular formula is C15H16FNO2. The van der Waals surface area contributed by atoms with Gasteiger partial charge in [0.2, 0.25) is 0 Å². The van der Waals surface area contributed by atoms with Crippen molar-refractivity contribution < 1.29 is 14.2 Å². The third-order valence-electron chi connectivity index (χ3n) is 2.86. The summed E-state index contributed by atoms with van der Waals surface area (Å²) in [4.78, 5) is 0. The molecule has 0 aliphatic rings. The summed E-state index contributed by atoms with van der Waals surface area (Å²) < 4.78 is 18.6. The molecule has 3 nitrogen and oxygen atoms in total. The lowest BCUT2D eigenvalue weighted by molar-refractivity contribution is 0.187. The molecule has 0 aliphatic carbocycles. The van der Waals surface area contributed by atoms with E-state index in [0.29, 0.717) is 17.0 Å². The highest BCUT2D eigenvalue weighted by Crippen LogP contribution is 2.25. The number of rotatable bonds is 5. The van der Waals surface area contributed by atoms with Crippen molar-refractivity contribution in [1.29, 1.82) is 0 Å². The average molecular weight is 261 g/mol. The predicted octanol–water partition coefficient (Wildman–Crippen LogP) is 2.98. The minimum absolute atomic E-state index is 0.210. The van der Waals surface area contributed by atoms with Crippen molar-refractivity contribution in [2.75, 3.05) is 19.0 Å². The summed E-state index contributed by atoms with van der Waals surface area (Å²) in [5.41, 5.74) is 1.05. The molecule has 2 aromatic carbocycles. The highest BCUT2D eigenvalue weighted by Gasteiger charge is 2.12. The topological polar surface area (TPSA) is 41.5 Å². The summed E-state index contributed by atoms with van der Waals surface area (Å²) >= 11 is 0. The van der Waals surface area contributed by atoms with Crippen LogP contribution in [-0.4, -0.2) is 18.8 Å². The molecular weight excluding hydrogens is 245 g/mol. The number of methoxy groups -OCH3 is 1. The molecule has 0 radical (unpaired) electrons. The molecule has 1 unspecified atom stereocenters. The number of anilines is 1. The highest BCUT2D eigenvalue weighted by atomic mass is 19.1. The van der Waals surface area contributed by atoms with E-state index in [1.54, 1.807) is 37.4 Å². The van der Waals surface area contributed by atoms with Crippen LogP contribution in [0, 0.1) is 5.82 Å². The SMILES string of the molecule is COc1ccccc1C(O)CNc1ccccc1F. The number of benzene rings is 2. The Labute approximate surface area is 111 Å². The van der Waals surface area contributed by atoms with Gasteiger partial charge in [0.15, 0.2) is 0 Å². The fourth-order valence-electron chi connectivity index (χ4n) is 1.86. The average Bonchev–Trinajstić information content (AvgIpc) is 2.46. The van der Waals surface area contributed by atoms with Crippen LogP contribution in [0.2, 0.25) is 0 Å². The summed E-state index contributed by atoms with van der Waals surface area (Å²) in [6, 6.07) is 13.6. The second-order valence-electron chi connectivity index (χ2n) is 4.12. The normalized spacial score (nSPS) is 11.9. The first kappa shape index (κ1) is 13.4. The van der Waals surface area contributed by atoms with E-state index in [1.165, 1.54) is 6.07 Å². The van der Waals surface area contributed by atoms with Crippen molar-refractivity contribution >= 4 is 5.69 Å². The number of halogens is 1. The van der Waals surface area contributed by atoms with E-state index < -0.39 is 6.10 Å². The maximum Gasteiger partial charge on any atom is 0.146 e. The number of aliphatic hydroxyl groups is 1. The summed E-state index contributed by atoms with van der Waals surface area (Å²) in [7, 11) is 1.55. The lowest BCUT2D eigenvalue weighted by atomic mass is 10.1. The number of aliphatic hydroxyl groups excluding tert-OH is 1. The van der Waals surface area contributed by atoms with Crippen LogP contribution in [0.1, 0.15) is 11.7 Å². The van der Waals surface area contributed by atoms with Gasteiger partial charge in [0.05, 0.1) is 18.9 Å². The number of nitrogens with one attached hydrogen (secondary N) is 1. The van der Waals surface area contributed by atoms with E-state index in [1.807, 2.05) is 12.1 Å². The van der Waals surface area contributed by atoms with Crippen LogP contribution < -0.4 is 10.1 Å². The summed E-state index contributed by atoms with van der Waals surface area (Å²) in [5, 5.41) is 13.0. The van der Waals surface area contributed by atoms with Gasteiger partial charge in [-0.25, -0.2) is 4.39 Å². The third kappa shape index (κ3) is 3.23. The van der Waals surface area contributed by atoms with E-state index >= 15 is 0 Å². The molecule has 0 bridgehead atoms. The van der Waals surface area contributed by atoms with Crippen LogP contribution in [0.15, 0.2) is 48.5 Å². The van der Waals surface area contributed by atoms with Crippen LogP contribution >= 0.6 is 0 Å². The molecule has 2 N–H and O–H groups in total. The number of para-hydroxylation sites is 2. The number of hydrogen-bond acceptors (Lipinski definition) is 3. The molecule has 0 fully saturated rings. The number of ether oxygens (including phenoxy) is 1. The third-order valence-corrected chi connectivity index (χ3v) is 2.86. The molecule has 4 heteroatoms. The van der Waals surface area contributed by atoms with Crippen LogP contribution in [0.4, 0.5) is 10.1 Å². The lowest BCUT2D eigenvalue weighted by Gasteiger charge is -2.16. The molecule has 2 rings (SSSR count). The minimum atomic E-state index is -0.768. The van der Waals surface area contributed by atoms with Gasteiger partial charge >= 0.3 is 0 Å². The van der Waals surface area contributed by atoms with Crippen molar-refractivity contribution in [1.82, 2.24) is 0 Å². The molecule has 0 saturated carbocycles. The largest absolute Gasteiger partial charge is 0.496 e. The smallest absolute Gasteiger partial charge is 0.146 e. The second-order valence-corrected chi connectivity index (χ2v) is 4.12. The van der Waals surface area contributed by atoms with Gasteiger partial charge in [-0.3, -0.25) is 0 Å². The maximum absolute atomic E-state index is 13.4. The van der Waals surface area contributed by atoms with Crippen LogP contribution in [0.3, 0.4) is 0 Å². The van der Waals surface area contributed by atoms with Gasteiger partial charge in [0, 0.05) is 12.1 Å². The Bertz CT molecular complexity index is 545. The zero-order chi connectivity index (χ0) is 13.7. The van der Waals surface area contributed by atoms with Gasteiger partial charge in [0.1, 0.15) is 11.6 Å². The zero-order valence-corrected chi connectivity index (χ0v) is 10.6. The summed E-state index contributed by atoms with van der Waals surface area (Å²) in [6.45, 7) is 0.210. The van der Waals surface area contributed by atoms with Crippen molar-refractivity contribution in [3.8, 4) is 5.75 Å².